The van der Waals surface area contributed by atoms with Crippen molar-refractivity contribution in [3.05, 3.63) is 29.8 Å². The molecule has 3 nitrogen and oxygen atoms in total. The summed E-state index contributed by atoms with van der Waals surface area (Å²) in [6.45, 7) is 3.09. The monoisotopic (exact) mass is 206 g/mol. The molecule has 0 atom stereocenters. The van der Waals surface area contributed by atoms with Gasteiger partial charge in [0.25, 0.3) is 0 Å². The summed E-state index contributed by atoms with van der Waals surface area (Å²) in [4.78, 5) is 11.6. The van der Waals surface area contributed by atoms with Gasteiger partial charge in [-0.1, -0.05) is 19.1 Å². The SMILES string of the molecule is CCC(=O)c1ccccc1OC1COC1. The molecule has 1 aliphatic rings. The summed E-state index contributed by atoms with van der Waals surface area (Å²) in [6, 6.07) is 7.37. The van der Waals surface area contributed by atoms with Crippen molar-refractivity contribution >= 4 is 5.78 Å². The molecule has 1 saturated heterocycles. The van der Waals surface area contributed by atoms with E-state index < -0.39 is 0 Å². The van der Waals surface area contributed by atoms with E-state index in [0.717, 1.165) is 0 Å². The zero-order chi connectivity index (χ0) is 10.7. The molecule has 1 aromatic carbocycles. The molecule has 0 radical (unpaired) electrons. The first kappa shape index (κ1) is 10.2. The van der Waals surface area contributed by atoms with Crippen LogP contribution in [0.1, 0.15) is 23.7 Å². The van der Waals surface area contributed by atoms with Gasteiger partial charge in [-0.15, -0.1) is 0 Å². The molecule has 15 heavy (non-hydrogen) atoms. The highest BCUT2D eigenvalue weighted by Gasteiger charge is 2.22. The molecule has 0 amide bonds. The first-order chi connectivity index (χ1) is 7.31. The van der Waals surface area contributed by atoms with Crippen LogP contribution in [0.2, 0.25) is 0 Å². The predicted octanol–water partition coefficient (Wildman–Crippen LogP) is 2.06. The van der Waals surface area contributed by atoms with Crippen molar-refractivity contribution in [2.75, 3.05) is 13.2 Å². The number of hydrogen-bond donors (Lipinski definition) is 0. The van der Waals surface area contributed by atoms with Gasteiger partial charge in [-0.25, -0.2) is 0 Å². The van der Waals surface area contributed by atoms with Crippen molar-refractivity contribution < 1.29 is 14.3 Å². The Morgan fingerprint density at radius 1 is 1.47 bits per heavy atom. The maximum absolute atomic E-state index is 11.6. The number of carbonyl (C=O) groups excluding carboxylic acids is 1. The van der Waals surface area contributed by atoms with Gasteiger partial charge in [-0.05, 0) is 12.1 Å². The summed E-state index contributed by atoms with van der Waals surface area (Å²) < 4.78 is 10.7. The van der Waals surface area contributed by atoms with Crippen LogP contribution in [0.3, 0.4) is 0 Å². The normalized spacial score (nSPS) is 15.8. The average Bonchev–Trinajstić information content (AvgIpc) is 2.23. The number of Topliss-reactive ketones (excluding diaryl/α,β-unsaturated/α-hetero) is 1. The van der Waals surface area contributed by atoms with Crippen LogP contribution in [0.5, 0.6) is 5.75 Å². The van der Waals surface area contributed by atoms with Crippen LogP contribution in [-0.2, 0) is 4.74 Å². The molecule has 1 fully saturated rings. The number of benzene rings is 1. The fourth-order valence-electron chi connectivity index (χ4n) is 1.45. The van der Waals surface area contributed by atoms with Crippen molar-refractivity contribution in [1.82, 2.24) is 0 Å². The highest BCUT2D eigenvalue weighted by Crippen LogP contribution is 2.22. The molecule has 1 aliphatic heterocycles. The molecule has 0 bridgehead atoms. The second-order valence-electron chi connectivity index (χ2n) is 3.55. The molecule has 0 spiro atoms. The zero-order valence-corrected chi connectivity index (χ0v) is 8.73. The van der Waals surface area contributed by atoms with E-state index in [0.29, 0.717) is 30.9 Å². The maximum atomic E-state index is 11.6. The van der Waals surface area contributed by atoms with E-state index in [4.69, 9.17) is 9.47 Å². The summed E-state index contributed by atoms with van der Waals surface area (Å²) in [5.41, 5.74) is 0.673. The Labute approximate surface area is 89.0 Å². The number of ketones is 1. The third kappa shape index (κ3) is 2.18. The molecule has 0 aromatic heterocycles. The van der Waals surface area contributed by atoms with E-state index in [1.807, 2.05) is 25.1 Å². The smallest absolute Gasteiger partial charge is 0.166 e. The summed E-state index contributed by atoms with van der Waals surface area (Å²) in [6.07, 6.45) is 0.609. The lowest BCUT2D eigenvalue weighted by molar-refractivity contribution is -0.0798. The minimum Gasteiger partial charge on any atom is -0.485 e. The predicted molar refractivity (Wildman–Crippen MR) is 56.3 cm³/mol. The topological polar surface area (TPSA) is 35.5 Å². The summed E-state index contributed by atoms with van der Waals surface area (Å²) >= 11 is 0. The number of hydrogen-bond acceptors (Lipinski definition) is 3. The second kappa shape index (κ2) is 4.45. The fourth-order valence-corrected chi connectivity index (χ4v) is 1.45. The van der Waals surface area contributed by atoms with E-state index in [1.165, 1.54) is 0 Å². The highest BCUT2D eigenvalue weighted by molar-refractivity contribution is 5.98. The summed E-state index contributed by atoms with van der Waals surface area (Å²) in [5.74, 6) is 0.795. The minimum atomic E-state index is 0.107. The van der Waals surface area contributed by atoms with Crippen LogP contribution in [0, 0.1) is 0 Å². The van der Waals surface area contributed by atoms with Gasteiger partial charge in [-0.3, -0.25) is 4.79 Å². The number of rotatable bonds is 4. The minimum absolute atomic E-state index is 0.107. The van der Waals surface area contributed by atoms with Crippen molar-refractivity contribution in [1.29, 1.82) is 0 Å². The van der Waals surface area contributed by atoms with Gasteiger partial charge in [0.15, 0.2) is 5.78 Å². The lowest BCUT2D eigenvalue weighted by Crippen LogP contribution is -2.38. The molecular formula is C12H14O3. The molecule has 3 heteroatoms. The fraction of sp³-hybridized carbons (Fsp3) is 0.417. The van der Waals surface area contributed by atoms with Crippen molar-refractivity contribution in [2.24, 2.45) is 0 Å². The second-order valence-corrected chi connectivity index (χ2v) is 3.55. The standard InChI is InChI=1S/C12H14O3/c1-2-11(13)10-5-3-4-6-12(10)15-9-7-14-8-9/h3-6,9H,2,7-8H2,1H3. The largest absolute Gasteiger partial charge is 0.485 e. The molecule has 1 aromatic rings. The van der Waals surface area contributed by atoms with Crippen LogP contribution in [0.15, 0.2) is 24.3 Å². The van der Waals surface area contributed by atoms with E-state index in [-0.39, 0.29) is 11.9 Å². The third-order valence-corrected chi connectivity index (χ3v) is 2.41. The zero-order valence-electron chi connectivity index (χ0n) is 8.73. The van der Waals surface area contributed by atoms with Crippen LogP contribution >= 0.6 is 0 Å². The van der Waals surface area contributed by atoms with Gasteiger partial charge >= 0.3 is 0 Å². The third-order valence-electron chi connectivity index (χ3n) is 2.41. The highest BCUT2D eigenvalue weighted by atomic mass is 16.6. The van der Waals surface area contributed by atoms with Gasteiger partial charge in [0, 0.05) is 6.42 Å². The molecule has 2 rings (SSSR count). The summed E-state index contributed by atoms with van der Waals surface area (Å²) in [7, 11) is 0. The van der Waals surface area contributed by atoms with E-state index in [1.54, 1.807) is 6.07 Å². The van der Waals surface area contributed by atoms with Crippen LogP contribution in [0.4, 0.5) is 0 Å². The lowest BCUT2D eigenvalue weighted by atomic mass is 10.1. The number of ether oxygens (including phenoxy) is 2. The van der Waals surface area contributed by atoms with Gasteiger partial charge < -0.3 is 9.47 Å². The Morgan fingerprint density at radius 3 is 2.80 bits per heavy atom. The maximum Gasteiger partial charge on any atom is 0.166 e. The average molecular weight is 206 g/mol. The Kier molecular flexibility index (Phi) is 3.02. The Bertz CT molecular complexity index is 356. The molecule has 0 unspecified atom stereocenters. The lowest BCUT2D eigenvalue weighted by Gasteiger charge is -2.27. The first-order valence-corrected chi connectivity index (χ1v) is 5.18. The van der Waals surface area contributed by atoms with Crippen LogP contribution in [0.25, 0.3) is 0 Å². The van der Waals surface area contributed by atoms with E-state index in [2.05, 4.69) is 0 Å². The molecule has 0 saturated carbocycles. The number of para-hydroxylation sites is 1. The van der Waals surface area contributed by atoms with Gasteiger partial charge in [-0.2, -0.15) is 0 Å². The van der Waals surface area contributed by atoms with E-state index >= 15 is 0 Å². The Hall–Kier alpha value is -1.35. The van der Waals surface area contributed by atoms with Crippen molar-refractivity contribution in [3.63, 3.8) is 0 Å². The van der Waals surface area contributed by atoms with Gasteiger partial charge in [0.05, 0.1) is 18.8 Å². The van der Waals surface area contributed by atoms with Crippen LogP contribution < -0.4 is 4.74 Å². The Morgan fingerprint density at radius 2 is 2.20 bits per heavy atom. The molecule has 1 heterocycles. The van der Waals surface area contributed by atoms with Gasteiger partial charge in [0.2, 0.25) is 0 Å². The van der Waals surface area contributed by atoms with E-state index in [9.17, 15) is 4.79 Å². The number of carbonyl (C=O) groups is 1. The Balaban J connectivity index is 2.16. The van der Waals surface area contributed by atoms with Crippen LogP contribution in [-0.4, -0.2) is 25.1 Å². The molecule has 80 valence electrons. The van der Waals surface area contributed by atoms with Gasteiger partial charge in [0.1, 0.15) is 11.9 Å². The quantitative estimate of drug-likeness (QED) is 0.707. The molecule has 0 aliphatic carbocycles. The summed E-state index contributed by atoms with van der Waals surface area (Å²) in [5, 5.41) is 0. The first-order valence-electron chi connectivity index (χ1n) is 5.18. The van der Waals surface area contributed by atoms with Crippen molar-refractivity contribution in [2.45, 2.75) is 19.4 Å². The molecule has 0 N–H and O–H groups in total. The molecular weight excluding hydrogens is 192 g/mol. The van der Waals surface area contributed by atoms with Crippen molar-refractivity contribution in [3.8, 4) is 5.75 Å².